The third kappa shape index (κ3) is 4.05. The van der Waals surface area contributed by atoms with Gasteiger partial charge >= 0.3 is 15.7 Å². The van der Waals surface area contributed by atoms with Crippen LogP contribution in [0.15, 0.2) is 150 Å². The van der Waals surface area contributed by atoms with Crippen LogP contribution in [0.3, 0.4) is 0 Å². The van der Waals surface area contributed by atoms with Crippen LogP contribution in [-0.2, 0) is 13.7 Å². The minimum absolute atomic E-state index is 0.0612. The number of fused-ring (bicyclic) bond motifs is 1. The molecule has 0 aliphatic rings. The molecular formula is C27H20O5S2. The van der Waals surface area contributed by atoms with E-state index in [9.17, 15) is 13.2 Å². The van der Waals surface area contributed by atoms with Crippen molar-refractivity contribution in [3.63, 3.8) is 0 Å². The summed E-state index contributed by atoms with van der Waals surface area (Å²) in [6.45, 7) is 0. The molecule has 1 heterocycles. The monoisotopic (exact) mass is 488 g/mol. The van der Waals surface area contributed by atoms with Crippen molar-refractivity contribution in [1.29, 1.82) is 0 Å². The standard InChI is InChI=1S/C27H20O5S2/c28-27-19-17-21-16-18-25(20-26(21)31-27)33(22-10-4-1-5-11-22,23-12-6-2-7-13-23)32-34(29,30)24-14-8-3-9-15-24/h1-20H. The Morgan fingerprint density at radius 1 is 0.559 bits per heavy atom. The van der Waals surface area contributed by atoms with E-state index in [1.165, 1.54) is 18.2 Å². The van der Waals surface area contributed by atoms with Crippen LogP contribution in [0, 0.1) is 0 Å². The van der Waals surface area contributed by atoms with E-state index in [2.05, 4.69) is 0 Å². The Morgan fingerprint density at radius 3 is 1.62 bits per heavy atom. The molecule has 0 radical (unpaired) electrons. The Kier molecular flexibility index (Phi) is 5.83. The molecule has 0 N–H and O–H groups in total. The molecule has 1 aromatic heterocycles. The van der Waals surface area contributed by atoms with Gasteiger partial charge in [-0.1, -0.05) is 60.7 Å². The molecule has 0 atom stereocenters. The molecule has 0 bridgehead atoms. The Hall–Kier alpha value is -3.65. The van der Waals surface area contributed by atoms with Gasteiger partial charge in [0.15, 0.2) is 0 Å². The molecule has 5 rings (SSSR count). The highest BCUT2D eigenvalue weighted by molar-refractivity contribution is 8.33. The van der Waals surface area contributed by atoms with Crippen LogP contribution >= 0.6 is 10.3 Å². The Labute approximate surface area is 198 Å². The zero-order valence-electron chi connectivity index (χ0n) is 17.9. The van der Waals surface area contributed by atoms with Crippen LogP contribution in [0.5, 0.6) is 0 Å². The molecular weight excluding hydrogens is 468 g/mol. The highest BCUT2D eigenvalue weighted by Crippen LogP contribution is 2.70. The second-order valence-corrected chi connectivity index (χ2v) is 11.9. The number of benzene rings is 4. The van der Waals surface area contributed by atoms with Crippen LogP contribution in [0.25, 0.3) is 11.0 Å². The number of hydrogen-bond donors (Lipinski definition) is 0. The molecule has 0 spiro atoms. The second kappa shape index (κ2) is 8.95. The van der Waals surface area contributed by atoms with Crippen molar-refractivity contribution in [2.24, 2.45) is 0 Å². The first-order valence-electron chi connectivity index (χ1n) is 10.5. The van der Waals surface area contributed by atoms with E-state index in [0.717, 1.165) is 5.39 Å². The van der Waals surface area contributed by atoms with Crippen molar-refractivity contribution in [3.05, 3.63) is 132 Å². The van der Waals surface area contributed by atoms with Crippen molar-refractivity contribution in [1.82, 2.24) is 0 Å². The van der Waals surface area contributed by atoms with Gasteiger partial charge in [0.25, 0.3) is 0 Å². The molecule has 5 nitrogen and oxygen atoms in total. The van der Waals surface area contributed by atoms with Gasteiger partial charge in [-0.15, -0.1) is 0 Å². The highest BCUT2D eigenvalue weighted by atomic mass is 32.3. The molecule has 170 valence electrons. The smallest absolute Gasteiger partial charge is 0.336 e. The molecule has 0 amide bonds. The lowest BCUT2D eigenvalue weighted by atomic mass is 10.2. The maximum atomic E-state index is 13.6. The lowest BCUT2D eigenvalue weighted by Crippen LogP contribution is -2.14. The van der Waals surface area contributed by atoms with E-state index >= 15 is 0 Å². The molecule has 0 fully saturated rings. The third-order valence-corrected chi connectivity index (χ3v) is 10.5. The van der Waals surface area contributed by atoms with E-state index in [1.54, 1.807) is 36.4 Å². The van der Waals surface area contributed by atoms with Crippen molar-refractivity contribution in [2.45, 2.75) is 19.6 Å². The van der Waals surface area contributed by atoms with Crippen LogP contribution < -0.4 is 5.63 Å². The fourth-order valence-corrected chi connectivity index (χ4v) is 8.98. The molecule has 34 heavy (non-hydrogen) atoms. The summed E-state index contributed by atoms with van der Waals surface area (Å²) in [6, 6.07) is 35.0. The normalized spacial score (nSPS) is 12.5. The summed E-state index contributed by atoms with van der Waals surface area (Å²) >= 11 is 0. The Morgan fingerprint density at radius 2 is 1.06 bits per heavy atom. The molecule has 0 saturated heterocycles. The van der Waals surface area contributed by atoms with Gasteiger partial charge in [0.1, 0.15) is 5.58 Å². The quantitative estimate of drug-likeness (QED) is 0.259. The second-order valence-electron chi connectivity index (χ2n) is 7.47. The van der Waals surface area contributed by atoms with E-state index in [1.807, 2.05) is 66.7 Å². The highest BCUT2D eigenvalue weighted by Gasteiger charge is 2.38. The summed E-state index contributed by atoms with van der Waals surface area (Å²) in [5, 5.41) is 0.726. The summed E-state index contributed by atoms with van der Waals surface area (Å²) in [5.74, 6) is 0. The van der Waals surface area contributed by atoms with Crippen LogP contribution in [-0.4, -0.2) is 8.42 Å². The fraction of sp³-hybridized carbons (Fsp3) is 0. The van der Waals surface area contributed by atoms with Crippen LogP contribution in [0.1, 0.15) is 0 Å². The first kappa shape index (κ1) is 22.2. The SMILES string of the molecule is O=c1ccc2ccc(S(OS(=O)(=O)c3ccccc3)(c3ccccc3)c3ccccc3)cc2o1. The molecule has 4 aromatic carbocycles. The fourth-order valence-electron chi connectivity index (χ4n) is 3.73. The van der Waals surface area contributed by atoms with E-state index < -0.39 is 26.1 Å². The topological polar surface area (TPSA) is 73.6 Å². The maximum Gasteiger partial charge on any atom is 0.336 e. The zero-order chi connectivity index (χ0) is 23.6. The predicted octanol–water partition coefficient (Wildman–Crippen LogP) is 6.40. The van der Waals surface area contributed by atoms with Crippen LogP contribution in [0.2, 0.25) is 0 Å². The summed E-state index contributed by atoms with van der Waals surface area (Å²) in [6.07, 6.45) is 0. The largest absolute Gasteiger partial charge is 0.423 e. The summed E-state index contributed by atoms with van der Waals surface area (Å²) < 4.78 is 38.9. The minimum atomic E-state index is -4.18. The Bertz CT molecular complexity index is 1560. The van der Waals surface area contributed by atoms with Gasteiger partial charge in [-0.3, -0.25) is 0 Å². The van der Waals surface area contributed by atoms with Crippen molar-refractivity contribution in [3.8, 4) is 0 Å². The van der Waals surface area contributed by atoms with Gasteiger partial charge in [0.2, 0.25) is 0 Å². The van der Waals surface area contributed by atoms with Crippen molar-refractivity contribution < 1.29 is 16.5 Å². The number of hydrogen-bond acceptors (Lipinski definition) is 5. The maximum absolute atomic E-state index is 13.6. The average molecular weight is 489 g/mol. The summed E-state index contributed by atoms with van der Waals surface area (Å²) in [5.41, 5.74) is -0.128. The zero-order valence-corrected chi connectivity index (χ0v) is 19.5. The van der Waals surface area contributed by atoms with Gasteiger partial charge in [0.05, 0.1) is 4.90 Å². The van der Waals surface area contributed by atoms with Gasteiger partial charge in [-0.25, -0.2) is 8.42 Å². The first-order chi connectivity index (χ1) is 16.5. The molecule has 0 saturated carbocycles. The number of rotatable bonds is 6. The van der Waals surface area contributed by atoms with E-state index in [0.29, 0.717) is 20.3 Å². The van der Waals surface area contributed by atoms with Gasteiger partial charge in [-0.2, -0.15) is 8.42 Å². The van der Waals surface area contributed by atoms with Crippen molar-refractivity contribution in [2.75, 3.05) is 0 Å². The van der Waals surface area contributed by atoms with E-state index in [-0.39, 0.29) is 4.90 Å². The van der Waals surface area contributed by atoms with Gasteiger partial charge in [-0.05, 0) is 64.9 Å². The minimum Gasteiger partial charge on any atom is -0.423 e. The van der Waals surface area contributed by atoms with Gasteiger partial charge < -0.3 is 4.42 Å². The Balaban J connectivity index is 1.84. The summed E-state index contributed by atoms with van der Waals surface area (Å²) in [7, 11) is -6.97. The van der Waals surface area contributed by atoms with Crippen LogP contribution in [0.4, 0.5) is 0 Å². The lowest BCUT2D eigenvalue weighted by molar-refractivity contribution is 0.508. The third-order valence-electron chi connectivity index (χ3n) is 5.30. The van der Waals surface area contributed by atoms with Crippen molar-refractivity contribution >= 4 is 31.4 Å². The summed E-state index contributed by atoms with van der Waals surface area (Å²) in [4.78, 5) is 13.9. The van der Waals surface area contributed by atoms with Gasteiger partial charge in [0, 0.05) is 26.1 Å². The first-order valence-corrected chi connectivity index (χ1v) is 13.4. The molecule has 0 aliphatic carbocycles. The molecule has 7 heteroatoms. The molecule has 0 unspecified atom stereocenters. The molecule has 5 aromatic rings. The average Bonchev–Trinajstić information content (AvgIpc) is 2.88. The molecule has 0 aliphatic heterocycles. The van der Waals surface area contributed by atoms with E-state index in [4.69, 9.17) is 8.05 Å². The lowest BCUT2D eigenvalue weighted by Gasteiger charge is -2.39. The predicted molar refractivity (Wildman–Crippen MR) is 132 cm³/mol.